The summed E-state index contributed by atoms with van der Waals surface area (Å²) in [5.41, 5.74) is 0. The predicted molar refractivity (Wildman–Crippen MR) is 87.2 cm³/mol. The van der Waals surface area contributed by atoms with Crippen LogP contribution in [0.1, 0.15) is 19.8 Å². The molecule has 0 spiro atoms. The van der Waals surface area contributed by atoms with E-state index in [9.17, 15) is 8.42 Å². The van der Waals surface area contributed by atoms with Gasteiger partial charge in [0, 0.05) is 16.6 Å². The van der Waals surface area contributed by atoms with Crippen molar-refractivity contribution < 1.29 is 8.42 Å². The van der Waals surface area contributed by atoms with Crippen LogP contribution in [0.25, 0.3) is 0 Å². The molecule has 2 atom stereocenters. The molecule has 0 amide bonds. The molecule has 1 saturated heterocycles. The van der Waals surface area contributed by atoms with Gasteiger partial charge in [0.2, 0.25) is 10.0 Å². The Kier molecular flexibility index (Phi) is 6.76. The highest BCUT2D eigenvalue weighted by atomic mass is 79.9. The smallest absolute Gasteiger partial charge is 0.242 e. The van der Waals surface area contributed by atoms with Gasteiger partial charge in [0.05, 0.1) is 5.02 Å². The number of halogens is 3. The molecule has 0 saturated carbocycles. The zero-order valence-corrected chi connectivity index (χ0v) is 14.9. The van der Waals surface area contributed by atoms with Crippen molar-refractivity contribution >= 4 is 50.0 Å². The number of hydrogen-bond donors (Lipinski definition) is 2. The van der Waals surface area contributed by atoms with Crippen LogP contribution >= 0.6 is 39.9 Å². The molecular weight excluding hydrogens is 387 g/mol. The maximum absolute atomic E-state index is 12.4. The van der Waals surface area contributed by atoms with Gasteiger partial charge < -0.3 is 5.32 Å². The van der Waals surface area contributed by atoms with Crippen molar-refractivity contribution in [3.63, 3.8) is 0 Å². The van der Waals surface area contributed by atoms with Crippen molar-refractivity contribution in [2.75, 3.05) is 6.54 Å². The average molecular weight is 404 g/mol. The largest absolute Gasteiger partial charge is 0.313 e. The summed E-state index contributed by atoms with van der Waals surface area (Å²) < 4.78 is 28.1. The van der Waals surface area contributed by atoms with Gasteiger partial charge in [0.15, 0.2) is 0 Å². The van der Waals surface area contributed by atoms with Crippen LogP contribution in [-0.4, -0.2) is 27.0 Å². The fourth-order valence-electron chi connectivity index (χ4n) is 2.16. The lowest BCUT2D eigenvalue weighted by atomic mass is 10.0. The van der Waals surface area contributed by atoms with Crippen molar-refractivity contribution in [3.8, 4) is 0 Å². The van der Waals surface area contributed by atoms with E-state index in [-0.39, 0.29) is 34.4 Å². The molecule has 4 nitrogen and oxygen atoms in total. The Bertz CT molecular complexity index is 569. The summed E-state index contributed by atoms with van der Waals surface area (Å²) in [4.78, 5) is 0.112. The summed E-state index contributed by atoms with van der Waals surface area (Å²) in [6, 6.07) is 4.90. The highest BCUT2D eigenvalue weighted by Gasteiger charge is 2.28. The Labute approximate surface area is 139 Å². The zero-order valence-electron chi connectivity index (χ0n) is 10.9. The summed E-state index contributed by atoms with van der Waals surface area (Å²) in [6.45, 7) is 2.91. The van der Waals surface area contributed by atoms with Gasteiger partial charge in [0.25, 0.3) is 0 Å². The normalized spacial score (nSPS) is 23.1. The second-order valence-electron chi connectivity index (χ2n) is 4.66. The lowest BCUT2D eigenvalue weighted by molar-refractivity contribution is 0.349. The Hall–Kier alpha value is 0.150. The molecule has 0 radical (unpaired) electrons. The van der Waals surface area contributed by atoms with E-state index in [1.807, 2.05) is 6.92 Å². The molecule has 1 fully saturated rings. The van der Waals surface area contributed by atoms with Crippen LogP contribution in [-0.2, 0) is 10.0 Å². The molecule has 1 aliphatic heterocycles. The van der Waals surface area contributed by atoms with Crippen LogP contribution in [0.4, 0.5) is 0 Å². The molecule has 2 rings (SSSR count). The van der Waals surface area contributed by atoms with Crippen molar-refractivity contribution in [2.24, 2.45) is 0 Å². The van der Waals surface area contributed by atoms with E-state index in [1.165, 1.54) is 6.07 Å². The fraction of sp³-hybridized carbons (Fsp3) is 0.500. The lowest BCUT2D eigenvalue weighted by Gasteiger charge is -2.30. The molecule has 0 aliphatic carbocycles. The number of sulfonamides is 1. The number of nitrogens with one attached hydrogen (secondary N) is 2. The van der Waals surface area contributed by atoms with Crippen molar-refractivity contribution in [1.29, 1.82) is 0 Å². The first-order chi connectivity index (χ1) is 8.92. The predicted octanol–water partition coefficient (Wildman–Crippen LogP) is 2.94. The number of hydrogen-bond acceptors (Lipinski definition) is 3. The van der Waals surface area contributed by atoms with Crippen LogP contribution in [0.2, 0.25) is 5.02 Å². The third-order valence-corrected chi connectivity index (χ3v) is 6.21. The zero-order chi connectivity index (χ0) is 14.0. The molecular formula is C12H17BrCl2N2O2S. The minimum Gasteiger partial charge on any atom is -0.313 e. The van der Waals surface area contributed by atoms with E-state index in [0.717, 1.165) is 19.4 Å². The van der Waals surface area contributed by atoms with E-state index in [1.54, 1.807) is 12.1 Å². The van der Waals surface area contributed by atoms with Gasteiger partial charge in [-0.25, -0.2) is 13.1 Å². The molecule has 1 aromatic rings. The van der Waals surface area contributed by atoms with E-state index >= 15 is 0 Å². The monoisotopic (exact) mass is 402 g/mol. The molecule has 114 valence electrons. The number of benzene rings is 1. The molecule has 1 aliphatic rings. The standard InChI is InChI=1S/C12H16BrClN2O2S.ClH/c1-8-10(5-3-7-15-8)16-19(17,18)11-6-2-4-9(13)12(11)14;/h2,4,6,8,10,15-16H,3,5,7H2,1H3;1H. The SMILES string of the molecule is CC1NCCCC1NS(=O)(=O)c1cccc(Br)c1Cl.Cl. The van der Waals surface area contributed by atoms with Crippen LogP contribution in [0.5, 0.6) is 0 Å². The quantitative estimate of drug-likeness (QED) is 0.815. The maximum atomic E-state index is 12.4. The fourth-order valence-corrected chi connectivity index (χ4v) is 4.54. The summed E-state index contributed by atoms with van der Waals surface area (Å²) in [5.74, 6) is 0. The summed E-state index contributed by atoms with van der Waals surface area (Å²) in [7, 11) is -3.60. The van der Waals surface area contributed by atoms with Gasteiger partial charge in [-0.3, -0.25) is 0 Å². The first-order valence-electron chi connectivity index (χ1n) is 6.11. The van der Waals surface area contributed by atoms with Gasteiger partial charge in [-0.05, 0) is 54.4 Å². The molecule has 20 heavy (non-hydrogen) atoms. The van der Waals surface area contributed by atoms with E-state index in [2.05, 4.69) is 26.0 Å². The van der Waals surface area contributed by atoms with E-state index in [0.29, 0.717) is 4.47 Å². The molecule has 2 N–H and O–H groups in total. The van der Waals surface area contributed by atoms with Crippen LogP contribution < -0.4 is 10.0 Å². The lowest BCUT2D eigenvalue weighted by Crippen LogP contribution is -2.51. The van der Waals surface area contributed by atoms with Gasteiger partial charge in [-0.15, -0.1) is 12.4 Å². The molecule has 8 heteroatoms. The topological polar surface area (TPSA) is 58.2 Å². The molecule has 1 heterocycles. The van der Waals surface area contributed by atoms with Crippen molar-refractivity contribution in [3.05, 3.63) is 27.7 Å². The Balaban J connectivity index is 0.00000200. The molecule has 0 bridgehead atoms. The van der Waals surface area contributed by atoms with Crippen molar-refractivity contribution in [2.45, 2.75) is 36.7 Å². The summed E-state index contributed by atoms with van der Waals surface area (Å²) >= 11 is 9.29. The molecule has 0 aromatic heterocycles. The minimum absolute atomic E-state index is 0. The number of rotatable bonds is 3. The average Bonchev–Trinajstić information content (AvgIpc) is 2.35. The van der Waals surface area contributed by atoms with Crippen LogP contribution in [0.3, 0.4) is 0 Å². The van der Waals surface area contributed by atoms with Gasteiger partial charge >= 0.3 is 0 Å². The van der Waals surface area contributed by atoms with Crippen molar-refractivity contribution in [1.82, 2.24) is 10.0 Å². The highest BCUT2D eigenvalue weighted by Crippen LogP contribution is 2.29. The van der Waals surface area contributed by atoms with E-state index in [4.69, 9.17) is 11.6 Å². The Morgan fingerprint density at radius 3 is 2.80 bits per heavy atom. The van der Waals surface area contributed by atoms with Crippen LogP contribution in [0, 0.1) is 0 Å². The van der Waals surface area contributed by atoms with E-state index < -0.39 is 10.0 Å². The van der Waals surface area contributed by atoms with Gasteiger partial charge in [0.1, 0.15) is 4.90 Å². The van der Waals surface area contributed by atoms with Crippen LogP contribution in [0.15, 0.2) is 27.6 Å². The molecule has 2 unspecified atom stereocenters. The third kappa shape index (κ3) is 4.08. The summed E-state index contributed by atoms with van der Waals surface area (Å²) in [6.07, 6.45) is 1.79. The second-order valence-corrected chi connectivity index (χ2v) is 7.58. The Morgan fingerprint density at radius 1 is 1.45 bits per heavy atom. The number of piperidine rings is 1. The van der Waals surface area contributed by atoms with Gasteiger partial charge in [-0.2, -0.15) is 0 Å². The first kappa shape index (κ1) is 18.2. The first-order valence-corrected chi connectivity index (χ1v) is 8.77. The second kappa shape index (κ2) is 7.42. The maximum Gasteiger partial charge on any atom is 0.242 e. The summed E-state index contributed by atoms with van der Waals surface area (Å²) in [5, 5.41) is 3.48. The third-order valence-electron chi connectivity index (χ3n) is 3.27. The molecule has 1 aromatic carbocycles. The minimum atomic E-state index is -3.60. The Morgan fingerprint density at radius 2 is 2.15 bits per heavy atom. The highest BCUT2D eigenvalue weighted by molar-refractivity contribution is 9.10. The van der Waals surface area contributed by atoms with Gasteiger partial charge in [-0.1, -0.05) is 17.7 Å².